The Morgan fingerprint density at radius 1 is 1.44 bits per heavy atom. The van der Waals surface area contributed by atoms with Crippen molar-refractivity contribution in [1.82, 2.24) is 5.32 Å². The molecule has 1 amide bonds. The number of rotatable bonds is 6. The van der Waals surface area contributed by atoms with Gasteiger partial charge in [-0.15, -0.1) is 0 Å². The molecular formula is C13H18ClFN2O. The molecular weight excluding hydrogens is 255 g/mol. The molecule has 0 saturated carbocycles. The molecule has 18 heavy (non-hydrogen) atoms. The summed E-state index contributed by atoms with van der Waals surface area (Å²) in [5, 5.41) is 5.92. The van der Waals surface area contributed by atoms with Crippen molar-refractivity contribution in [3.63, 3.8) is 0 Å². The number of carbonyl (C=O) groups is 1. The topological polar surface area (TPSA) is 41.1 Å². The first-order valence-corrected chi connectivity index (χ1v) is 6.32. The normalized spacial score (nSPS) is 10.5. The summed E-state index contributed by atoms with van der Waals surface area (Å²) in [5.74, 6) is -0.000818. The first-order chi connectivity index (χ1) is 8.49. The van der Waals surface area contributed by atoms with Crippen LogP contribution in [0, 0.1) is 11.7 Å². The van der Waals surface area contributed by atoms with E-state index in [1.165, 1.54) is 12.1 Å². The highest BCUT2D eigenvalue weighted by Crippen LogP contribution is 2.19. The molecule has 0 atom stereocenters. The molecule has 2 N–H and O–H groups in total. The number of benzene rings is 1. The zero-order valence-corrected chi connectivity index (χ0v) is 11.4. The van der Waals surface area contributed by atoms with E-state index >= 15 is 0 Å². The van der Waals surface area contributed by atoms with Gasteiger partial charge in [0.2, 0.25) is 5.91 Å². The third kappa shape index (κ3) is 5.36. The lowest BCUT2D eigenvalue weighted by Gasteiger charge is -2.09. The van der Waals surface area contributed by atoms with E-state index in [0.29, 0.717) is 31.1 Å². The van der Waals surface area contributed by atoms with Crippen molar-refractivity contribution in [3.05, 3.63) is 29.0 Å². The first-order valence-electron chi connectivity index (χ1n) is 5.94. The molecule has 3 nitrogen and oxygen atoms in total. The lowest BCUT2D eigenvalue weighted by atomic mass is 10.2. The third-order valence-electron chi connectivity index (χ3n) is 2.31. The zero-order valence-electron chi connectivity index (χ0n) is 10.6. The standard InChI is InChI=1S/C13H18ClFN2O/c1-9(2)8-17-13(18)5-6-16-10-3-4-12(15)11(14)7-10/h3-4,7,9,16H,5-6,8H2,1-2H3,(H,17,18). The van der Waals surface area contributed by atoms with Crippen molar-refractivity contribution >= 4 is 23.2 Å². The Bertz CT molecular complexity index is 410. The maximum Gasteiger partial charge on any atom is 0.221 e. The zero-order chi connectivity index (χ0) is 13.5. The molecule has 0 bridgehead atoms. The van der Waals surface area contributed by atoms with Gasteiger partial charge < -0.3 is 10.6 Å². The van der Waals surface area contributed by atoms with Crippen molar-refractivity contribution in [3.8, 4) is 0 Å². The summed E-state index contributed by atoms with van der Waals surface area (Å²) in [4.78, 5) is 11.4. The van der Waals surface area contributed by atoms with Gasteiger partial charge in [-0.1, -0.05) is 25.4 Å². The fraction of sp³-hybridized carbons (Fsp3) is 0.462. The van der Waals surface area contributed by atoms with Gasteiger partial charge in [-0.05, 0) is 24.1 Å². The van der Waals surface area contributed by atoms with Crippen molar-refractivity contribution in [2.24, 2.45) is 5.92 Å². The van der Waals surface area contributed by atoms with Gasteiger partial charge in [-0.2, -0.15) is 0 Å². The second-order valence-electron chi connectivity index (χ2n) is 4.50. The van der Waals surface area contributed by atoms with Crippen LogP contribution in [0.2, 0.25) is 5.02 Å². The Balaban J connectivity index is 2.28. The second kappa shape index (κ2) is 7.21. The lowest BCUT2D eigenvalue weighted by Crippen LogP contribution is -2.28. The molecule has 0 aliphatic carbocycles. The summed E-state index contributed by atoms with van der Waals surface area (Å²) in [6, 6.07) is 4.39. The highest BCUT2D eigenvalue weighted by atomic mass is 35.5. The van der Waals surface area contributed by atoms with Gasteiger partial charge in [-0.3, -0.25) is 4.79 Å². The highest BCUT2D eigenvalue weighted by Gasteiger charge is 2.03. The van der Waals surface area contributed by atoms with Gasteiger partial charge in [0.15, 0.2) is 0 Å². The highest BCUT2D eigenvalue weighted by molar-refractivity contribution is 6.31. The minimum Gasteiger partial charge on any atom is -0.384 e. The summed E-state index contributed by atoms with van der Waals surface area (Å²) < 4.78 is 12.9. The molecule has 0 aliphatic rings. The van der Waals surface area contributed by atoms with Crippen molar-refractivity contribution < 1.29 is 9.18 Å². The number of hydrogen-bond acceptors (Lipinski definition) is 2. The van der Waals surface area contributed by atoms with Crippen LogP contribution in [-0.4, -0.2) is 19.0 Å². The fourth-order valence-electron chi connectivity index (χ4n) is 1.33. The van der Waals surface area contributed by atoms with Crippen LogP contribution >= 0.6 is 11.6 Å². The maximum atomic E-state index is 12.9. The number of anilines is 1. The van der Waals surface area contributed by atoms with Crippen LogP contribution in [0.3, 0.4) is 0 Å². The van der Waals surface area contributed by atoms with E-state index in [0.717, 1.165) is 0 Å². The van der Waals surface area contributed by atoms with Crippen LogP contribution in [0.15, 0.2) is 18.2 Å². The van der Waals surface area contributed by atoms with E-state index < -0.39 is 5.82 Å². The van der Waals surface area contributed by atoms with Crippen molar-refractivity contribution in [2.45, 2.75) is 20.3 Å². The van der Waals surface area contributed by atoms with Crippen LogP contribution in [-0.2, 0) is 4.79 Å². The summed E-state index contributed by atoms with van der Waals surface area (Å²) in [6.45, 7) is 5.26. The van der Waals surface area contributed by atoms with E-state index in [9.17, 15) is 9.18 Å². The summed E-state index contributed by atoms with van der Waals surface area (Å²) >= 11 is 5.65. The van der Waals surface area contributed by atoms with Gasteiger partial charge in [0, 0.05) is 25.2 Å². The average molecular weight is 273 g/mol. The van der Waals surface area contributed by atoms with Crippen LogP contribution in [0.5, 0.6) is 0 Å². The van der Waals surface area contributed by atoms with E-state index in [1.807, 2.05) is 13.8 Å². The SMILES string of the molecule is CC(C)CNC(=O)CCNc1ccc(F)c(Cl)c1. The molecule has 0 aromatic heterocycles. The van der Waals surface area contributed by atoms with Crippen molar-refractivity contribution in [2.75, 3.05) is 18.4 Å². The number of amides is 1. The number of nitrogens with one attached hydrogen (secondary N) is 2. The Morgan fingerprint density at radius 3 is 2.78 bits per heavy atom. The van der Waals surface area contributed by atoms with E-state index in [2.05, 4.69) is 10.6 Å². The predicted octanol–water partition coefficient (Wildman–Crippen LogP) is 3.05. The predicted molar refractivity (Wildman–Crippen MR) is 72.4 cm³/mol. The Kier molecular flexibility index (Phi) is 5.92. The van der Waals surface area contributed by atoms with Gasteiger partial charge in [0.05, 0.1) is 5.02 Å². The summed E-state index contributed by atoms with van der Waals surface area (Å²) in [7, 11) is 0. The molecule has 0 fully saturated rings. The van der Waals surface area contributed by atoms with Crippen LogP contribution < -0.4 is 10.6 Å². The summed E-state index contributed by atoms with van der Waals surface area (Å²) in [6.07, 6.45) is 0.377. The first kappa shape index (κ1) is 14.8. The van der Waals surface area contributed by atoms with E-state index in [1.54, 1.807) is 6.07 Å². The molecule has 100 valence electrons. The monoisotopic (exact) mass is 272 g/mol. The molecule has 1 aromatic rings. The average Bonchev–Trinajstić information content (AvgIpc) is 2.31. The fourth-order valence-corrected chi connectivity index (χ4v) is 1.51. The smallest absolute Gasteiger partial charge is 0.221 e. The summed E-state index contributed by atoms with van der Waals surface area (Å²) in [5.41, 5.74) is 0.707. The van der Waals surface area contributed by atoms with Gasteiger partial charge in [0.1, 0.15) is 5.82 Å². The quantitative estimate of drug-likeness (QED) is 0.836. The molecule has 0 unspecified atom stereocenters. The molecule has 0 radical (unpaired) electrons. The third-order valence-corrected chi connectivity index (χ3v) is 2.60. The Labute approximate surface area is 112 Å². The van der Waals surface area contributed by atoms with Crippen molar-refractivity contribution in [1.29, 1.82) is 0 Å². The van der Waals surface area contributed by atoms with Crippen LogP contribution in [0.25, 0.3) is 0 Å². The van der Waals surface area contributed by atoms with E-state index in [4.69, 9.17) is 11.6 Å². The molecule has 1 aromatic carbocycles. The van der Waals surface area contributed by atoms with Crippen LogP contribution in [0.1, 0.15) is 20.3 Å². The minimum atomic E-state index is -0.447. The maximum absolute atomic E-state index is 12.9. The van der Waals surface area contributed by atoms with Gasteiger partial charge in [0.25, 0.3) is 0 Å². The molecule has 5 heteroatoms. The number of carbonyl (C=O) groups excluding carboxylic acids is 1. The molecule has 0 aliphatic heterocycles. The van der Waals surface area contributed by atoms with Gasteiger partial charge >= 0.3 is 0 Å². The van der Waals surface area contributed by atoms with Gasteiger partial charge in [-0.25, -0.2) is 4.39 Å². The molecule has 0 spiro atoms. The largest absolute Gasteiger partial charge is 0.384 e. The molecule has 1 rings (SSSR count). The number of hydrogen-bond donors (Lipinski definition) is 2. The Hall–Kier alpha value is -1.29. The Morgan fingerprint density at radius 2 is 2.17 bits per heavy atom. The molecule has 0 heterocycles. The van der Waals surface area contributed by atoms with Crippen LogP contribution in [0.4, 0.5) is 10.1 Å². The van der Waals surface area contributed by atoms with E-state index in [-0.39, 0.29) is 10.9 Å². The lowest BCUT2D eigenvalue weighted by molar-refractivity contribution is -0.120. The molecule has 0 saturated heterocycles. The number of halogens is 2. The minimum absolute atomic E-state index is 0.00408. The second-order valence-corrected chi connectivity index (χ2v) is 4.91.